The van der Waals surface area contributed by atoms with E-state index < -0.39 is 0 Å². The van der Waals surface area contributed by atoms with Crippen LogP contribution in [-0.4, -0.2) is 18.1 Å². The second-order valence-electron chi connectivity index (χ2n) is 1.86. The first-order chi connectivity index (χ1) is 6.24. The number of nitrogens with zero attached hydrogens (tertiary/aromatic N) is 1. The molecule has 0 spiro atoms. The van der Waals surface area contributed by atoms with Crippen molar-refractivity contribution in [2.45, 2.75) is 13.8 Å². The van der Waals surface area contributed by atoms with Crippen LogP contribution in [0.15, 0.2) is 22.9 Å². The van der Waals surface area contributed by atoms with Gasteiger partial charge in [-0.25, -0.2) is 9.78 Å². The Kier molecular flexibility index (Phi) is 6.14. The Balaban J connectivity index is 0.000000671. The summed E-state index contributed by atoms with van der Waals surface area (Å²) in [6, 6.07) is 3.33. The number of methoxy groups -OCH3 is 1. The molecule has 72 valence electrons. The molecule has 1 heterocycles. The lowest BCUT2D eigenvalue weighted by Gasteiger charge is -1.96. The van der Waals surface area contributed by atoms with Crippen molar-refractivity contribution in [1.82, 2.24) is 4.98 Å². The van der Waals surface area contributed by atoms with Crippen molar-refractivity contribution in [2.24, 2.45) is 0 Å². The van der Waals surface area contributed by atoms with E-state index >= 15 is 0 Å². The number of aromatic nitrogens is 1. The molecule has 0 unspecified atom stereocenters. The summed E-state index contributed by atoms with van der Waals surface area (Å²) in [4.78, 5) is 14.7. The van der Waals surface area contributed by atoms with Crippen molar-refractivity contribution < 1.29 is 9.53 Å². The van der Waals surface area contributed by atoms with Crippen LogP contribution in [-0.2, 0) is 4.74 Å². The highest BCUT2D eigenvalue weighted by molar-refractivity contribution is 9.10. The van der Waals surface area contributed by atoms with Gasteiger partial charge in [-0.15, -0.1) is 0 Å². The van der Waals surface area contributed by atoms with E-state index in [4.69, 9.17) is 0 Å². The van der Waals surface area contributed by atoms with Gasteiger partial charge in [-0.05, 0) is 28.1 Å². The predicted octanol–water partition coefficient (Wildman–Crippen LogP) is 2.66. The van der Waals surface area contributed by atoms with Gasteiger partial charge in [-0.2, -0.15) is 0 Å². The van der Waals surface area contributed by atoms with Crippen LogP contribution in [0.1, 0.15) is 24.2 Å². The Bertz CT molecular complexity index is 259. The largest absolute Gasteiger partial charge is 0.465 e. The summed E-state index contributed by atoms with van der Waals surface area (Å²) in [7, 11) is 1.34. The van der Waals surface area contributed by atoms with Crippen molar-refractivity contribution in [3.05, 3.63) is 28.5 Å². The Morgan fingerprint density at radius 3 is 2.46 bits per heavy atom. The van der Waals surface area contributed by atoms with Gasteiger partial charge >= 0.3 is 5.97 Å². The summed E-state index contributed by atoms with van der Waals surface area (Å²) in [6.45, 7) is 4.00. The first-order valence-electron chi connectivity index (χ1n) is 3.94. The number of esters is 1. The Morgan fingerprint density at radius 1 is 1.46 bits per heavy atom. The van der Waals surface area contributed by atoms with Gasteiger partial charge in [-0.3, -0.25) is 0 Å². The first-order valence-corrected chi connectivity index (χ1v) is 4.73. The van der Waals surface area contributed by atoms with Crippen LogP contribution in [0.3, 0.4) is 0 Å². The zero-order valence-corrected chi connectivity index (χ0v) is 9.46. The number of carbonyl (C=O) groups is 1. The van der Waals surface area contributed by atoms with Crippen molar-refractivity contribution in [3.63, 3.8) is 0 Å². The normalized spacial score (nSPS) is 8.31. The van der Waals surface area contributed by atoms with E-state index in [1.54, 1.807) is 12.1 Å². The number of pyridine rings is 1. The highest BCUT2D eigenvalue weighted by atomic mass is 79.9. The molecule has 0 saturated carbocycles. The maximum absolute atomic E-state index is 10.8. The second kappa shape index (κ2) is 6.60. The average Bonchev–Trinajstić information content (AvgIpc) is 2.21. The number of hydrogen-bond acceptors (Lipinski definition) is 3. The SMILES string of the molecule is CC.COC(=O)c1ccc(Br)nc1. The van der Waals surface area contributed by atoms with Crippen LogP contribution in [0, 0.1) is 0 Å². The minimum atomic E-state index is -0.370. The number of rotatable bonds is 1. The quantitative estimate of drug-likeness (QED) is 0.564. The third-order valence-electron chi connectivity index (χ3n) is 1.15. The lowest BCUT2D eigenvalue weighted by molar-refractivity contribution is 0.0600. The summed E-state index contributed by atoms with van der Waals surface area (Å²) >= 11 is 3.15. The van der Waals surface area contributed by atoms with E-state index in [0.717, 1.165) is 0 Å². The van der Waals surface area contributed by atoms with Gasteiger partial charge < -0.3 is 4.74 Å². The highest BCUT2D eigenvalue weighted by Crippen LogP contribution is 2.06. The number of halogens is 1. The highest BCUT2D eigenvalue weighted by Gasteiger charge is 2.03. The Labute approximate surface area is 86.3 Å². The van der Waals surface area contributed by atoms with Gasteiger partial charge in [0, 0.05) is 6.20 Å². The fourth-order valence-corrected chi connectivity index (χ4v) is 0.849. The minimum Gasteiger partial charge on any atom is -0.465 e. The molecule has 0 amide bonds. The molecule has 0 bridgehead atoms. The molecule has 13 heavy (non-hydrogen) atoms. The standard InChI is InChI=1S/C7H6BrNO2.C2H6/c1-11-7(10)5-2-3-6(8)9-4-5;1-2/h2-4H,1H3;1-2H3. The molecule has 0 saturated heterocycles. The van der Waals surface area contributed by atoms with E-state index in [0.29, 0.717) is 10.2 Å². The Morgan fingerprint density at radius 2 is 2.08 bits per heavy atom. The fourth-order valence-electron chi connectivity index (χ4n) is 0.614. The number of carbonyl (C=O) groups excluding carboxylic acids is 1. The molecule has 0 aliphatic heterocycles. The Hall–Kier alpha value is -0.900. The molecule has 4 heteroatoms. The zero-order valence-electron chi connectivity index (χ0n) is 7.87. The van der Waals surface area contributed by atoms with Crippen molar-refractivity contribution in [3.8, 4) is 0 Å². The van der Waals surface area contributed by atoms with E-state index in [-0.39, 0.29) is 5.97 Å². The van der Waals surface area contributed by atoms with Crippen LogP contribution in [0.25, 0.3) is 0 Å². The predicted molar refractivity (Wildman–Crippen MR) is 54.6 cm³/mol. The topological polar surface area (TPSA) is 39.2 Å². The third-order valence-corrected chi connectivity index (χ3v) is 1.62. The third kappa shape index (κ3) is 4.03. The fraction of sp³-hybridized carbons (Fsp3) is 0.333. The van der Waals surface area contributed by atoms with Gasteiger partial charge in [0.2, 0.25) is 0 Å². The van der Waals surface area contributed by atoms with Crippen LogP contribution < -0.4 is 0 Å². The molecule has 0 aliphatic carbocycles. The van der Waals surface area contributed by atoms with E-state index in [1.807, 2.05) is 13.8 Å². The summed E-state index contributed by atoms with van der Waals surface area (Å²) in [5.41, 5.74) is 0.454. The molecule has 0 atom stereocenters. The van der Waals surface area contributed by atoms with Crippen LogP contribution in [0.5, 0.6) is 0 Å². The molecule has 0 radical (unpaired) electrons. The monoisotopic (exact) mass is 245 g/mol. The van der Waals surface area contributed by atoms with Gasteiger partial charge in [0.1, 0.15) is 4.60 Å². The summed E-state index contributed by atoms with van der Waals surface area (Å²) in [5, 5.41) is 0. The number of ether oxygens (including phenoxy) is 1. The van der Waals surface area contributed by atoms with Gasteiger partial charge in [0.05, 0.1) is 12.7 Å². The van der Waals surface area contributed by atoms with Gasteiger partial charge in [0.15, 0.2) is 0 Å². The minimum absolute atomic E-state index is 0.370. The molecule has 1 aromatic heterocycles. The van der Waals surface area contributed by atoms with E-state index in [1.165, 1.54) is 13.3 Å². The summed E-state index contributed by atoms with van der Waals surface area (Å²) in [5.74, 6) is -0.370. The summed E-state index contributed by atoms with van der Waals surface area (Å²) < 4.78 is 5.18. The molecular formula is C9H12BrNO2. The second-order valence-corrected chi connectivity index (χ2v) is 2.67. The van der Waals surface area contributed by atoms with Gasteiger partial charge in [0.25, 0.3) is 0 Å². The van der Waals surface area contributed by atoms with Crippen LogP contribution in [0.4, 0.5) is 0 Å². The molecule has 1 aromatic rings. The van der Waals surface area contributed by atoms with Crippen molar-refractivity contribution >= 4 is 21.9 Å². The molecule has 0 aliphatic rings. The maximum atomic E-state index is 10.8. The van der Waals surface area contributed by atoms with Crippen LogP contribution >= 0.6 is 15.9 Å². The molecule has 0 N–H and O–H groups in total. The van der Waals surface area contributed by atoms with Crippen molar-refractivity contribution in [1.29, 1.82) is 0 Å². The van der Waals surface area contributed by atoms with E-state index in [2.05, 4.69) is 25.7 Å². The summed E-state index contributed by atoms with van der Waals surface area (Å²) in [6.07, 6.45) is 1.45. The lowest BCUT2D eigenvalue weighted by atomic mass is 10.3. The lowest BCUT2D eigenvalue weighted by Crippen LogP contribution is -2.00. The molecular weight excluding hydrogens is 234 g/mol. The molecule has 0 aromatic carbocycles. The van der Waals surface area contributed by atoms with Crippen LogP contribution in [0.2, 0.25) is 0 Å². The zero-order chi connectivity index (χ0) is 10.3. The van der Waals surface area contributed by atoms with E-state index in [9.17, 15) is 4.79 Å². The molecule has 0 fully saturated rings. The molecule has 1 rings (SSSR count). The smallest absolute Gasteiger partial charge is 0.339 e. The van der Waals surface area contributed by atoms with Gasteiger partial charge in [-0.1, -0.05) is 13.8 Å². The average molecular weight is 246 g/mol. The maximum Gasteiger partial charge on any atom is 0.339 e. The first kappa shape index (κ1) is 12.1. The van der Waals surface area contributed by atoms with Crippen molar-refractivity contribution in [2.75, 3.05) is 7.11 Å². The number of hydrogen-bond donors (Lipinski definition) is 0. The molecule has 3 nitrogen and oxygen atoms in total.